The molecule has 3 aromatic rings. The van der Waals surface area contributed by atoms with E-state index in [1.54, 1.807) is 6.07 Å². The highest BCUT2D eigenvalue weighted by atomic mass is 79.9. The van der Waals surface area contributed by atoms with Crippen LogP contribution in [0.5, 0.6) is 0 Å². The first-order chi connectivity index (χ1) is 14.9. The zero-order chi connectivity index (χ0) is 21.5. The smallest absolute Gasteiger partial charge is 0.239 e. The van der Waals surface area contributed by atoms with Crippen molar-refractivity contribution in [2.24, 2.45) is 11.8 Å². The highest BCUT2D eigenvalue weighted by Crippen LogP contribution is 2.66. The molecule has 31 heavy (non-hydrogen) atoms. The Balaban J connectivity index is 1.58. The van der Waals surface area contributed by atoms with Crippen LogP contribution in [-0.2, 0) is 13.9 Å². The number of halogens is 1. The summed E-state index contributed by atoms with van der Waals surface area (Å²) in [7, 11) is 0. The maximum atomic E-state index is 13.8. The molecule has 0 spiro atoms. The van der Waals surface area contributed by atoms with Crippen molar-refractivity contribution in [2.75, 3.05) is 10.1 Å². The number of benzene rings is 3. The van der Waals surface area contributed by atoms with Crippen LogP contribution in [-0.4, -0.2) is 17.0 Å². The minimum atomic E-state index is -0.819. The van der Waals surface area contributed by atoms with Crippen molar-refractivity contribution >= 4 is 39.1 Å². The van der Waals surface area contributed by atoms with Crippen LogP contribution < -0.4 is 10.1 Å². The molecule has 1 heterocycles. The molecule has 7 heteroatoms. The summed E-state index contributed by atoms with van der Waals surface area (Å²) in [5, 5.41) is 20.4. The Morgan fingerprint density at radius 1 is 0.903 bits per heavy atom. The molecule has 3 aromatic carbocycles. The van der Waals surface area contributed by atoms with E-state index in [1.807, 2.05) is 48.5 Å². The molecule has 6 nitrogen and oxygen atoms in total. The fraction of sp³-hybridized carbons (Fsp3) is 0.167. The summed E-state index contributed by atoms with van der Waals surface area (Å²) in [5.74, 6) is -2.00. The van der Waals surface area contributed by atoms with Gasteiger partial charge in [-0.05, 0) is 40.5 Å². The summed E-state index contributed by atoms with van der Waals surface area (Å²) in [6, 6.07) is 21.8. The largest absolute Gasteiger partial charge is 0.733 e. The van der Waals surface area contributed by atoms with E-state index in [1.165, 1.54) is 23.1 Å². The predicted molar refractivity (Wildman–Crippen MR) is 118 cm³/mol. The Labute approximate surface area is 186 Å². The van der Waals surface area contributed by atoms with Gasteiger partial charge < -0.3 is 10.4 Å². The van der Waals surface area contributed by atoms with Gasteiger partial charge in [0.15, 0.2) is 0 Å². The summed E-state index contributed by atoms with van der Waals surface area (Å²) < 4.78 is -0.819. The van der Waals surface area contributed by atoms with E-state index in [4.69, 9.17) is 0 Å². The quantitative estimate of drug-likeness (QED) is 0.339. The molecule has 3 aliphatic carbocycles. The van der Waals surface area contributed by atoms with Crippen molar-refractivity contribution < 1.29 is 14.8 Å². The van der Waals surface area contributed by atoms with E-state index in [0.29, 0.717) is 0 Å². The predicted octanol–water partition coefficient (Wildman–Crippen LogP) is 4.28. The molecule has 7 rings (SSSR count). The number of carbonyl (C=O) groups excluding carboxylic acids is 2. The van der Waals surface area contributed by atoms with E-state index in [-0.39, 0.29) is 34.3 Å². The van der Waals surface area contributed by atoms with Gasteiger partial charge >= 0.3 is 0 Å². The molecule has 2 amide bonds. The molecule has 1 aliphatic heterocycles. The summed E-state index contributed by atoms with van der Waals surface area (Å²) >= 11 is 3.95. The van der Waals surface area contributed by atoms with Crippen molar-refractivity contribution in [3.05, 3.63) is 100 Å². The second-order valence-electron chi connectivity index (χ2n) is 8.17. The van der Waals surface area contributed by atoms with Gasteiger partial charge in [0.05, 0.1) is 27.5 Å². The molecule has 2 atom stereocenters. The van der Waals surface area contributed by atoms with Crippen LogP contribution >= 0.6 is 15.9 Å². The van der Waals surface area contributed by atoms with Crippen LogP contribution in [0.1, 0.15) is 28.2 Å². The second kappa shape index (κ2) is 6.26. The molecule has 1 N–H and O–H groups in total. The lowest BCUT2D eigenvalue weighted by Gasteiger charge is -2.51. The van der Waals surface area contributed by atoms with Crippen molar-refractivity contribution in [3.8, 4) is 0 Å². The number of alkyl halides is 1. The van der Waals surface area contributed by atoms with Crippen LogP contribution in [0.4, 0.5) is 11.4 Å². The highest BCUT2D eigenvalue weighted by molar-refractivity contribution is 9.09. The molecule has 0 saturated carbocycles. The number of rotatable bonds is 2. The monoisotopic (exact) mass is 475 g/mol. The summed E-state index contributed by atoms with van der Waals surface area (Å²) in [4.78, 5) is 28.7. The second-order valence-corrected chi connectivity index (χ2v) is 9.42. The normalized spacial score (nSPS) is 27.7. The van der Waals surface area contributed by atoms with E-state index in [0.717, 1.165) is 22.3 Å². The molecule has 2 bridgehead atoms. The molecule has 0 aromatic heterocycles. The molecule has 1 fully saturated rings. The number of hydrogen-bond acceptors (Lipinski definition) is 5. The third kappa shape index (κ3) is 2.23. The molecule has 4 aliphatic rings. The lowest BCUT2D eigenvalue weighted by molar-refractivity contribution is -0.122. The number of imide groups is 1. The fourth-order valence-electron chi connectivity index (χ4n) is 5.68. The number of anilines is 2. The Morgan fingerprint density at radius 2 is 1.52 bits per heavy atom. The van der Waals surface area contributed by atoms with E-state index in [9.17, 15) is 20.0 Å². The van der Waals surface area contributed by atoms with E-state index < -0.39 is 16.2 Å². The highest BCUT2D eigenvalue weighted by Gasteiger charge is 2.67. The van der Waals surface area contributed by atoms with Gasteiger partial charge in [-0.3, -0.25) is 14.8 Å². The molecular weight excluding hydrogens is 460 g/mol. The lowest BCUT2D eigenvalue weighted by Crippen LogP contribution is -2.50. The van der Waals surface area contributed by atoms with E-state index >= 15 is 0 Å². The maximum Gasteiger partial charge on any atom is 0.239 e. The van der Waals surface area contributed by atoms with E-state index in [2.05, 4.69) is 15.9 Å². The average Bonchev–Trinajstić information content (AvgIpc) is 3.06. The third-order valence-corrected chi connectivity index (χ3v) is 8.17. The number of amides is 2. The maximum absolute atomic E-state index is 13.8. The van der Waals surface area contributed by atoms with Gasteiger partial charge in [-0.2, -0.15) is 0 Å². The third-order valence-electron chi connectivity index (χ3n) is 6.82. The van der Waals surface area contributed by atoms with Crippen LogP contribution in [0.25, 0.3) is 0 Å². The van der Waals surface area contributed by atoms with Crippen molar-refractivity contribution in [3.63, 3.8) is 0 Å². The van der Waals surface area contributed by atoms with Gasteiger partial charge in [0.2, 0.25) is 11.8 Å². The Bertz CT molecular complexity index is 1230. The average molecular weight is 476 g/mol. The number of nitrogens with zero attached hydrogens (tertiary/aromatic N) is 2. The Kier molecular flexibility index (Phi) is 3.78. The van der Waals surface area contributed by atoms with Gasteiger partial charge in [0.25, 0.3) is 0 Å². The van der Waals surface area contributed by atoms with Gasteiger partial charge in [0.1, 0.15) is 0 Å². The first-order valence-corrected chi connectivity index (χ1v) is 10.8. The summed E-state index contributed by atoms with van der Waals surface area (Å²) in [5.41, 5.74) is 4.36. The SMILES string of the molecule is O=C1[C@@H]2C3c4ccccc4C(Br)(c4ccccc43)[C@H]2C(=O)N1c1cccc(N([O-])O)c1. The van der Waals surface area contributed by atoms with Crippen molar-refractivity contribution in [1.29, 1.82) is 0 Å². The molecule has 154 valence electrons. The van der Waals surface area contributed by atoms with Crippen LogP contribution in [0.2, 0.25) is 0 Å². The van der Waals surface area contributed by atoms with Gasteiger partial charge in [-0.1, -0.05) is 70.5 Å². The Hall–Kier alpha value is -3.00. The zero-order valence-electron chi connectivity index (χ0n) is 16.1. The molecule has 1 saturated heterocycles. The van der Waals surface area contributed by atoms with Crippen LogP contribution in [0.15, 0.2) is 72.8 Å². The minimum absolute atomic E-state index is 0.0453. The van der Waals surface area contributed by atoms with Crippen LogP contribution in [0, 0.1) is 17.0 Å². The topological polar surface area (TPSA) is 83.9 Å². The standard InChI is InChI=1S/C24H16BrN2O4/c25-24-17-10-3-1-8-15(17)19(16-9-2-4-11-18(16)24)20-21(24)23(29)26(22(20)28)13-6-5-7-14(12-13)27(30)31/h1-12,19-21,30H/q-1/t19?,20-,21-,24?/m1/s1. The van der Waals surface area contributed by atoms with Crippen molar-refractivity contribution in [1.82, 2.24) is 0 Å². The van der Waals surface area contributed by atoms with Gasteiger partial charge in [0, 0.05) is 5.92 Å². The number of hydrogen-bond donors (Lipinski definition) is 1. The van der Waals surface area contributed by atoms with Crippen molar-refractivity contribution in [2.45, 2.75) is 10.2 Å². The van der Waals surface area contributed by atoms with Gasteiger partial charge in [-0.15, -0.1) is 0 Å². The molecular formula is C24H16BrN2O4-. The molecule has 0 radical (unpaired) electrons. The number of carbonyl (C=O) groups is 2. The minimum Gasteiger partial charge on any atom is -0.733 e. The Morgan fingerprint density at radius 3 is 2.13 bits per heavy atom. The summed E-state index contributed by atoms with van der Waals surface area (Å²) in [6.45, 7) is 0. The molecule has 0 unspecified atom stereocenters. The zero-order valence-corrected chi connectivity index (χ0v) is 17.7. The lowest BCUT2D eigenvalue weighted by atomic mass is 9.55. The first kappa shape index (κ1) is 18.7. The fourth-order valence-corrected chi connectivity index (χ4v) is 6.89. The summed E-state index contributed by atoms with van der Waals surface area (Å²) in [6.07, 6.45) is 0. The van der Waals surface area contributed by atoms with Gasteiger partial charge in [-0.25, -0.2) is 4.90 Å². The first-order valence-electron chi connectivity index (χ1n) is 9.96. The van der Waals surface area contributed by atoms with Crippen LogP contribution in [0.3, 0.4) is 0 Å².